The van der Waals surface area contributed by atoms with Crippen molar-refractivity contribution in [3.8, 4) is 0 Å². The zero-order valence-electron chi connectivity index (χ0n) is 5.65. The Balaban J connectivity index is 3.03. The van der Waals surface area contributed by atoms with E-state index in [1.807, 2.05) is 24.3 Å². The summed E-state index contributed by atoms with van der Waals surface area (Å²) in [5, 5.41) is 0.757. The van der Waals surface area contributed by atoms with Crippen molar-refractivity contribution in [3.05, 3.63) is 40.7 Å². The Bertz CT molecular complexity index is 430. The largest absolute Gasteiger partial charge is 0.287 e. The third-order valence-corrected chi connectivity index (χ3v) is 2.24. The minimum Gasteiger partial charge on any atom is -0.287 e. The standard InChI is InChI=1S/C8H5NOS/c10-7-5-9-11-8-4-2-1-3-6(7)8/h1-5H. The monoisotopic (exact) mass is 163 g/mol. The van der Waals surface area contributed by atoms with Crippen LogP contribution in [0.25, 0.3) is 10.1 Å². The second kappa shape index (κ2) is 2.43. The maximum Gasteiger partial charge on any atom is 0.206 e. The minimum absolute atomic E-state index is 0.000602. The SMILES string of the molecule is O=c1cnsc2ccccc12. The summed E-state index contributed by atoms with van der Waals surface area (Å²) in [6, 6.07) is 7.47. The Morgan fingerprint density at radius 1 is 1.27 bits per heavy atom. The molecule has 0 aliphatic carbocycles. The molecule has 0 aliphatic rings. The van der Waals surface area contributed by atoms with Gasteiger partial charge in [-0.25, -0.2) is 0 Å². The van der Waals surface area contributed by atoms with Gasteiger partial charge in [0.15, 0.2) is 0 Å². The van der Waals surface area contributed by atoms with E-state index in [1.54, 1.807) is 0 Å². The molecule has 54 valence electrons. The highest BCUT2D eigenvalue weighted by Crippen LogP contribution is 2.10. The van der Waals surface area contributed by atoms with E-state index in [4.69, 9.17) is 0 Å². The van der Waals surface area contributed by atoms with Gasteiger partial charge in [-0.15, -0.1) is 0 Å². The summed E-state index contributed by atoms with van der Waals surface area (Å²) in [6.45, 7) is 0. The number of hydrogen-bond acceptors (Lipinski definition) is 3. The molecule has 11 heavy (non-hydrogen) atoms. The minimum atomic E-state index is -0.000602. The van der Waals surface area contributed by atoms with E-state index in [0.29, 0.717) is 0 Å². The average Bonchev–Trinajstić information content (AvgIpc) is 2.06. The lowest BCUT2D eigenvalue weighted by Gasteiger charge is -1.89. The van der Waals surface area contributed by atoms with Crippen molar-refractivity contribution >= 4 is 21.6 Å². The van der Waals surface area contributed by atoms with Crippen LogP contribution in [0, 0.1) is 0 Å². The van der Waals surface area contributed by atoms with Crippen LogP contribution in [0.3, 0.4) is 0 Å². The lowest BCUT2D eigenvalue weighted by atomic mass is 10.2. The van der Waals surface area contributed by atoms with Crippen LogP contribution < -0.4 is 5.43 Å². The van der Waals surface area contributed by atoms with Crippen LogP contribution in [0.15, 0.2) is 35.3 Å². The van der Waals surface area contributed by atoms with Gasteiger partial charge in [-0.05, 0) is 23.7 Å². The fourth-order valence-corrected chi connectivity index (χ4v) is 1.62. The molecule has 2 rings (SSSR count). The van der Waals surface area contributed by atoms with Gasteiger partial charge >= 0.3 is 0 Å². The predicted molar refractivity (Wildman–Crippen MR) is 45.9 cm³/mol. The molecule has 1 heterocycles. The number of aromatic nitrogens is 1. The summed E-state index contributed by atoms with van der Waals surface area (Å²) in [6.07, 6.45) is 1.35. The van der Waals surface area contributed by atoms with Crippen molar-refractivity contribution in [2.45, 2.75) is 0 Å². The van der Waals surface area contributed by atoms with Gasteiger partial charge in [-0.3, -0.25) is 4.79 Å². The van der Waals surface area contributed by atoms with Crippen LogP contribution in [0.4, 0.5) is 0 Å². The van der Waals surface area contributed by atoms with Gasteiger partial charge in [0.05, 0.1) is 10.9 Å². The number of fused-ring (bicyclic) bond motifs is 1. The van der Waals surface area contributed by atoms with E-state index in [9.17, 15) is 4.79 Å². The molecule has 2 nitrogen and oxygen atoms in total. The molecule has 0 amide bonds. The van der Waals surface area contributed by atoms with Gasteiger partial charge in [0.25, 0.3) is 0 Å². The maximum absolute atomic E-state index is 11.1. The van der Waals surface area contributed by atoms with Gasteiger partial charge in [-0.1, -0.05) is 12.1 Å². The summed E-state index contributed by atoms with van der Waals surface area (Å²) >= 11 is 1.34. The third-order valence-electron chi connectivity index (χ3n) is 1.47. The van der Waals surface area contributed by atoms with Crippen LogP contribution in [0.2, 0.25) is 0 Å². The molecule has 0 saturated carbocycles. The number of nitrogens with zero attached hydrogens (tertiary/aromatic N) is 1. The normalized spacial score (nSPS) is 10.2. The van der Waals surface area contributed by atoms with E-state index in [-0.39, 0.29) is 5.43 Å². The van der Waals surface area contributed by atoms with Crippen molar-refractivity contribution in [2.75, 3.05) is 0 Å². The molecular formula is C8H5NOS. The summed E-state index contributed by atoms with van der Waals surface area (Å²) in [4.78, 5) is 11.1. The quantitative estimate of drug-likeness (QED) is 0.591. The van der Waals surface area contributed by atoms with Gasteiger partial charge in [0, 0.05) is 5.39 Å². The second-order valence-electron chi connectivity index (χ2n) is 2.19. The lowest BCUT2D eigenvalue weighted by molar-refractivity contribution is 1.49. The first-order valence-electron chi connectivity index (χ1n) is 3.22. The first kappa shape index (κ1) is 6.49. The van der Waals surface area contributed by atoms with Crippen LogP contribution in [0.5, 0.6) is 0 Å². The molecule has 0 radical (unpaired) electrons. The van der Waals surface area contributed by atoms with Crippen molar-refractivity contribution in [1.29, 1.82) is 0 Å². The fourth-order valence-electron chi connectivity index (χ4n) is 0.950. The fraction of sp³-hybridized carbons (Fsp3) is 0. The van der Waals surface area contributed by atoms with Crippen molar-refractivity contribution in [1.82, 2.24) is 4.37 Å². The molecule has 0 spiro atoms. The van der Waals surface area contributed by atoms with Gasteiger partial charge in [-0.2, -0.15) is 4.37 Å². The molecule has 0 fully saturated rings. The summed E-state index contributed by atoms with van der Waals surface area (Å²) in [5.41, 5.74) is -0.000602. The number of benzene rings is 1. The molecule has 3 heteroatoms. The summed E-state index contributed by atoms with van der Waals surface area (Å²) < 4.78 is 4.79. The smallest absolute Gasteiger partial charge is 0.206 e. The topological polar surface area (TPSA) is 30.0 Å². The molecule has 0 bridgehead atoms. The highest BCUT2D eigenvalue weighted by atomic mass is 32.1. The molecule has 2 aromatic rings. The van der Waals surface area contributed by atoms with Crippen molar-refractivity contribution in [3.63, 3.8) is 0 Å². The van der Waals surface area contributed by atoms with Gasteiger partial charge in [0.2, 0.25) is 5.43 Å². The first-order chi connectivity index (χ1) is 5.38. The average molecular weight is 163 g/mol. The lowest BCUT2D eigenvalue weighted by Crippen LogP contribution is -1.97. The Morgan fingerprint density at radius 3 is 2.91 bits per heavy atom. The van der Waals surface area contributed by atoms with Crippen molar-refractivity contribution < 1.29 is 0 Å². The highest BCUT2D eigenvalue weighted by Gasteiger charge is 1.94. The molecule has 0 saturated heterocycles. The zero-order valence-corrected chi connectivity index (χ0v) is 6.47. The number of rotatable bonds is 0. The third kappa shape index (κ3) is 1.03. The molecule has 1 aromatic carbocycles. The Kier molecular flexibility index (Phi) is 1.43. The maximum atomic E-state index is 11.1. The molecule has 0 aliphatic heterocycles. The first-order valence-corrected chi connectivity index (χ1v) is 3.99. The van der Waals surface area contributed by atoms with E-state index >= 15 is 0 Å². The van der Waals surface area contributed by atoms with E-state index in [0.717, 1.165) is 10.1 Å². The van der Waals surface area contributed by atoms with Gasteiger partial charge < -0.3 is 0 Å². The van der Waals surface area contributed by atoms with Crippen LogP contribution in [0.1, 0.15) is 0 Å². The molecule has 0 atom stereocenters. The van der Waals surface area contributed by atoms with E-state index in [1.165, 1.54) is 17.7 Å². The predicted octanol–water partition coefficient (Wildman–Crippen LogP) is 1.66. The van der Waals surface area contributed by atoms with E-state index < -0.39 is 0 Å². The Hall–Kier alpha value is -1.22. The van der Waals surface area contributed by atoms with E-state index in [2.05, 4.69) is 4.37 Å². The summed E-state index contributed by atoms with van der Waals surface area (Å²) in [7, 11) is 0. The van der Waals surface area contributed by atoms with Crippen LogP contribution >= 0.6 is 11.5 Å². The summed E-state index contributed by atoms with van der Waals surface area (Å²) in [5.74, 6) is 0. The van der Waals surface area contributed by atoms with Gasteiger partial charge in [0.1, 0.15) is 0 Å². The zero-order chi connectivity index (χ0) is 7.68. The van der Waals surface area contributed by atoms with Crippen LogP contribution in [-0.4, -0.2) is 4.37 Å². The molecule has 0 unspecified atom stereocenters. The Morgan fingerprint density at radius 2 is 2.09 bits per heavy atom. The molecule has 0 N–H and O–H groups in total. The Labute approximate surface area is 67.3 Å². The highest BCUT2D eigenvalue weighted by molar-refractivity contribution is 7.12. The van der Waals surface area contributed by atoms with Crippen molar-refractivity contribution in [2.24, 2.45) is 0 Å². The number of hydrogen-bond donors (Lipinski definition) is 0. The molecular weight excluding hydrogens is 158 g/mol. The second-order valence-corrected chi connectivity index (χ2v) is 3.02. The molecule has 1 aromatic heterocycles. The van der Waals surface area contributed by atoms with Crippen LogP contribution in [-0.2, 0) is 0 Å².